The Morgan fingerprint density at radius 3 is 2.52 bits per heavy atom. The average molecular weight is 370 g/mol. The van der Waals surface area contributed by atoms with Crippen LogP contribution in [0.5, 0.6) is 0 Å². The minimum absolute atomic E-state index is 0.0627. The molecular formula is C17H22O7S. The predicted octanol–water partition coefficient (Wildman–Crippen LogP) is 1.47. The molecule has 25 heavy (non-hydrogen) atoms. The fraction of sp³-hybridized carbons (Fsp3) is 0.647. The van der Waals surface area contributed by atoms with Gasteiger partial charge in [0.25, 0.3) is 10.1 Å². The molecule has 7 nitrogen and oxygen atoms in total. The Hall–Kier alpha value is -1.03. The van der Waals surface area contributed by atoms with Crippen molar-refractivity contribution in [2.45, 2.75) is 67.9 Å². The lowest BCUT2D eigenvalue weighted by Gasteiger charge is -2.27. The summed E-state index contributed by atoms with van der Waals surface area (Å²) in [6.07, 6.45) is 0.362. The number of ether oxygens (including phenoxy) is 3. The van der Waals surface area contributed by atoms with Gasteiger partial charge in [-0.1, -0.05) is 17.7 Å². The molecule has 1 saturated carbocycles. The van der Waals surface area contributed by atoms with Crippen molar-refractivity contribution in [2.75, 3.05) is 6.61 Å². The lowest BCUT2D eigenvalue weighted by Crippen LogP contribution is -2.40. The molecule has 4 atom stereocenters. The molecule has 1 spiro atoms. The van der Waals surface area contributed by atoms with Crippen molar-refractivity contribution in [3.8, 4) is 0 Å². The maximum Gasteiger partial charge on any atom is 0.297 e. The zero-order valence-corrected chi connectivity index (χ0v) is 14.8. The van der Waals surface area contributed by atoms with Gasteiger partial charge in [0.1, 0.15) is 18.3 Å². The quantitative estimate of drug-likeness (QED) is 0.803. The summed E-state index contributed by atoms with van der Waals surface area (Å²) in [6, 6.07) is 6.40. The van der Waals surface area contributed by atoms with Crippen LogP contribution in [0.2, 0.25) is 0 Å². The van der Waals surface area contributed by atoms with E-state index in [4.69, 9.17) is 18.4 Å². The van der Waals surface area contributed by atoms with E-state index in [-0.39, 0.29) is 11.5 Å². The van der Waals surface area contributed by atoms with E-state index in [0.29, 0.717) is 0 Å². The predicted molar refractivity (Wildman–Crippen MR) is 86.1 cm³/mol. The van der Waals surface area contributed by atoms with Crippen molar-refractivity contribution in [2.24, 2.45) is 0 Å². The van der Waals surface area contributed by atoms with Gasteiger partial charge in [-0.05, 0) is 31.9 Å². The highest BCUT2D eigenvalue weighted by molar-refractivity contribution is 7.86. The van der Waals surface area contributed by atoms with E-state index in [1.807, 2.05) is 6.92 Å². The first-order valence-electron chi connectivity index (χ1n) is 8.54. The highest BCUT2D eigenvalue weighted by Gasteiger charge is 2.59. The average Bonchev–Trinajstić information content (AvgIpc) is 3.25. The van der Waals surface area contributed by atoms with E-state index >= 15 is 0 Å². The summed E-state index contributed by atoms with van der Waals surface area (Å²) >= 11 is 0. The highest BCUT2D eigenvalue weighted by Crippen LogP contribution is 2.47. The maximum absolute atomic E-state index is 12.6. The summed E-state index contributed by atoms with van der Waals surface area (Å²) in [5, 5.41) is 9.54. The minimum atomic E-state index is -4.00. The Morgan fingerprint density at radius 1 is 1.20 bits per heavy atom. The number of aryl methyl sites for hydroxylation is 1. The Labute approximate surface area is 147 Å². The fourth-order valence-corrected chi connectivity index (χ4v) is 4.82. The van der Waals surface area contributed by atoms with Gasteiger partial charge in [0.15, 0.2) is 12.1 Å². The van der Waals surface area contributed by atoms with Crippen LogP contribution in [-0.4, -0.2) is 50.5 Å². The molecule has 1 aromatic rings. The summed E-state index contributed by atoms with van der Waals surface area (Å²) < 4.78 is 48.2. The van der Waals surface area contributed by atoms with E-state index < -0.39 is 40.5 Å². The number of aliphatic hydroxyl groups is 1. The highest BCUT2D eigenvalue weighted by atomic mass is 32.2. The number of hydrogen-bond acceptors (Lipinski definition) is 7. The Kier molecular flexibility index (Phi) is 4.38. The Bertz CT molecular complexity index is 724. The van der Waals surface area contributed by atoms with Gasteiger partial charge in [0.05, 0.1) is 11.5 Å². The minimum Gasteiger partial charge on any atom is -0.394 e. The molecule has 4 rings (SSSR count). The normalized spacial score (nSPS) is 33.8. The van der Waals surface area contributed by atoms with Crippen LogP contribution in [0, 0.1) is 6.92 Å². The second-order valence-corrected chi connectivity index (χ2v) is 8.44. The van der Waals surface area contributed by atoms with Crippen LogP contribution in [0.15, 0.2) is 29.2 Å². The second-order valence-electron chi connectivity index (χ2n) is 6.87. The number of hydrogen-bond donors (Lipinski definition) is 1. The van der Waals surface area contributed by atoms with E-state index in [2.05, 4.69) is 0 Å². The Morgan fingerprint density at radius 2 is 1.88 bits per heavy atom. The van der Waals surface area contributed by atoms with Gasteiger partial charge in [0, 0.05) is 12.8 Å². The lowest BCUT2D eigenvalue weighted by molar-refractivity contribution is -0.230. The molecule has 4 unspecified atom stereocenters. The van der Waals surface area contributed by atoms with Gasteiger partial charge in [-0.3, -0.25) is 4.18 Å². The number of fused-ring (bicyclic) bond motifs is 1. The zero-order chi connectivity index (χ0) is 17.7. The summed E-state index contributed by atoms with van der Waals surface area (Å²) in [4.78, 5) is 0.0627. The standard InChI is InChI=1S/C17H22O7S/c1-11-4-6-12(7-5-11)25(19,20)24-14-13(10-18)21-16-15(14)22-17(23-16)8-2-3-9-17/h4-7,13-16,18H,2-3,8-10H2,1H3. The van der Waals surface area contributed by atoms with Gasteiger partial charge in [-0.2, -0.15) is 8.42 Å². The molecule has 0 aromatic heterocycles. The van der Waals surface area contributed by atoms with E-state index in [9.17, 15) is 13.5 Å². The van der Waals surface area contributed by atoms with Crippen molar-refractivity contribution in [3.63, 3.8) is 0 Å². The molecule has 2 saturated heterocycles. The number of aliphatic hydroxyl groups excluding tert-OH is 1. The molecule has 2 aliphatic heterocycles. The van der Waals surface area contributed by atoms with Crippen molar-refractivity contribution in [1.82, 2.24) is 0 Å². The van der Waals surface area contributed by atoms with Crippen LogP contribution in [-0.2, 0) is 28.5 Å². The van der Waals surface area contributed by atoms with Crippen LogP contribution in [0.3, 0.4) is 0 Å². The molecule has 3 fully saturated rings. The monoisotopic (exact) mass is 370 g/mol. The summed E-state index contributed by atoms with van der Waals surface area (Å²) in [5.41, 5.74) is 0.951. The van der Waals surface area contributed by atoms with Gasteiger partial charge >= 0.3 is 0 Å². The third kappa shape index (κ3) is 3.11. The van der Waals surface area contributed by atoms with E-state index in [1.165, 1.54) is 12.1 Å². The third-order valence-electron chi connectivity index (χ3n) is 5.04. The molecule has 3 aliphatic rings. The summed E-state index contributed by atoms with van der Waals surface area (Å²) in [7, 11) is -4.00. The molecule has 2 heterocycles. The molecule has 138 valence electrons. The van der Waals surface area contributed by atoms with Crippen molar-refractivity contribution in [3.05, 3.63) is 29.8 Å². The Balaban J connectivity index is 1.56. The molecule has 8 heteroatoms. The molecule has 0 amide bonds. The molecule has 1 aliphatic carbocycles. The first-order valence-corrected chi connectivity index (χ1v) is 9.95. The first kappa shape index (κ1) is 17.4. The second kappa shape index (κ2) is 6.29. The summed E-state index contributed by atoms with van der Waals surface area (Å²) in [5.74, 6) is -0.703. The molecular weight excluding hydrogens is 348 g/mol. The summed E-state index contributed by atoms with van der Waals surface area (Å²) in [6.45, 7) is 1.50. The lowest BCUT2D eigenvalue weighted by atomic mass is 10.1. The molecule has 0 bridgehead atoms. The molecule has 1 N–H and O–H groups in total. The van der Waals surface area contributed by atoms with E-state index in [1.54, 1.807) is 12.1 Å². The molecule has 0 radical (unpaired) electrons. The largest absolute Gasteiger partial charge is 0.394 e. The fourth-order valence-electron chi connectivity index (χ4n) is 3.72. The van der Waals surface area contributed by atoms with Crippen LogP contribution in [0.1, 0.15) is 31.2 Å². The smallest absolute Gasteiger partial charge is 0.297 e. The van der Waals surface area contributed by atoms with Crippen molar-refractivity contribution in [1.29, 1.82) is 0 Å². The van der Waals surface area contributed by atoms with Gasteiger partial charge in [-0.25, -0.2) is 0 Å². The number of rotatable bonds is 4. The van der Waals surface area contributed by atoms with Crippen LogP contribution < -0.4 is 0 Å². The maximum atomic E-state index is 12.6. The van der Waals surface area contributed by atoms with Crippen LogP contribution in [0.4, 0.5) is 0 Å². The first-order chi connectivity index (χ1) is 11.9. The van der Waals surface area contributed by atoms with E-state index in [0.717, 1.165) is 31.2 Å². The topological polar surface area (TPSA) is 91.3 Å². The van der Waals surface area contributed by atoms with Gasteiger partial charge < -0.3 is 19.3 Å². The zero-order valence-electron chi connectivity index (χ0n) is 14.0. The van der Waals surface area contributed by atoms with Crippen molar-refractivity contribution < 1.29 is 31.9 Å². The molecule has 1 aromatic carbocycles. The van der Waals surface area contributed by atoms with Gasteiger partial charge in [-0.15, -0.1) is 0 Å². The third-order valence-corrected chi connectivity index (χ3v) is 6.37. The number of benzene rings is 1. The van der Waals surface area contributed by atoms with Crippen molar-refractivity contribution >= 4 is 10.1 Å². The van der Waals surface area contributed by atoms with Gasteiger partial charge in [0.2, 0.25) is 0 Å². The SMILES string of the molecule is Cc1ccc(S(=O)(=O)OC2C(CO)OC3OC4(CCCC4)OC32)cc1. The van der Waals surface area contributed by atoms with Crippen LogP contribution in [0.25, 0.3) is 0 Å². The van der Waals surface area contributed by atoms with Crippen LogP contribution >= 0.6 is 0 Å².